The molecule has 1 aliphatic rings. The molecule has 39 heavy (non-hydrogen) atoms. The van der Waals surface area contributed by atoms with E-state index >= 15 is 0 Å². The quantitative estimate of drug-likeness (QED) is 0.235. The number of aromatic nitrogens is 1. The van der Waals surface area contributed by atoms with E-state index in [4.69, 9.17) is 14.2 Å². The van der Waals surface area contributed by atoms with E-state index in [0.29, 0.717) is 36.5 Å². The molecule has 0 radical (unpaired) electrons. The predicted molar refractivity (Wildman–Crippen MR) is 147 cm³/mol. The fourth-order valence-corrected chi connectivity index (χ4v) is 4.55. The number of amides is 1. The molecule has 8 heteroatoms. The maximum Gasteiger partial charge on any atom is 0.410 e. The lowest BCUT2D eigenvalue weighted by Gasteiger charge is -2.24. The van der Waals surface area contributed by atoms with Crippen LogP contribution in [0.2, 0.25) is 0 Å². The summed E-state index contributed by atoms with van der Waals surface area (Å²) in [6, 6.07) is 19.0. The van der Waals surface area contributed by atoms with Gasteiger partial charge in [0.1, 0.15) is 28.9 Å². The van der Waals surface area contributed by atoms with Crippen LogP contribution >= 0.6 is 0 Å². The minimum absolute atomic E-state index is 0.139. The van der Waals surface area contributed by atoms with Crippen molar-refractivity contribution in [3.8, 4) is 23.3 Å². The molecule has 0 spiro atoms. The molecule has 1 unspecified atom stereocenters. The number of para-hydroxylation sites is 1. The summed E-state index contributed by atoms with van der Waals surface area (Å²) < 4.78 is 18.7. The van der Waals surface area contributed by atoms with Crippen LogP contribution in [0.1, 0.15) is 74.5 Å². The molecule has 0 bridgehead atoms. The minimum Gasteiger partial charge on any atom is -0.462 e. The van der Waals surface area contributed by atoms with Gasteiger partial charge in [-0.05, 0) is 75.6 Å². The van der Waals surface area contributed by atoms with Gasteiger partial charge in [-0.3, -0.25) is 0 Å². The van der Waals surface area contributed by atoms with Crippen molar-refractivity contribution in [3.05, 3.63) is 77.6 Å². The molecule has 3 aromatic rings. The second kappa shape index (κ2) is 12.1. The Bertz CT molecular complexity index is 1330. The van der Waals surface area contributed by atoms with E-state index in [0.717, 1.165) is 18.6 Å². The van der Waals surface area contributed by atoms with Crippen LogP contribution in [0.15, 0.2) is 60.8 Å². The van der Waals surface area contributed by atoms with Gasteiger partial charge in [0.25, 0.3) is 0 Å². The van der Waals surface area contributed by atoms with E-state index in [1.54, 1.807) is 9.47 Å². The number of likely N-dealkylation sites (tertiary alicyclic amines) is 1. The van der Waals surface area contributed by atoms with Gasteiger partial charge in [0.2, 0.25) is 0 Å². The Labute approximate surface area is 229 Å². The van der Waals surface area contributed by atoms with Gasteiger partial charge < -0.3 is 23.7 Å². The summed E-state index contributed by atoms with van der Waals surface area (Å²) in [5, 5.41) is 10.2. The molecule has 2 heterocycles. The van der Waals surface area contributed by atoms with Crippen LogP contribution in [0.25, 0.3) is 5.69 Å². The van der Waals surface area contributed by atoms with E-state index in [9.17, 15) is 14.9 Å². The first kappa shape index (κ1) is 27.8. The SMILES string of the molecule is CCCCOC(=O)c1c(C2CCN(C(=O)OC(C)(C)C)C2)cn(-c2ccc(Oc3ccccc3)cc2)c1C#N. The topological polar surface area (TPSA) is 93.8 Å². The Kier molecular flexibility index (Phi) is 8.60. The maximum absolute atomic E-state index is 13.3. The summed E-state index contributed by atoms with van der Waals surface area (Å²) >= 11 is 0. The highest BCUT2D eigenvalue weighted by molar-refractivity contribution is 5.94. The number of nitriles is 1. The second-order valence-corrected chi connectivity index (χ2v) is 10.6. The average molecular weight is 530 g/mol. The van der Waals surface area contributed by atoms with Crippen molar-refractivity contribution in [1.82, 2.24) is 9.47 Å². The van der Waals surface area contributed by atoms with E-state index in [1.807, 2.05) is 88.5 Å². The molecule has 1 atom stereocenters. The first-order valence-corrected chi connectivity index (χ1v) is 13.3. The van der Waals surface area contributed by atoms with Crippen LogP contribution in [-0.4, -0.2) is 46.8 Å². The van der Waals surface area contributed by atoms with Crippen molar-refractivity contribution >= 4 is 12.1 Å². The lowest BCUT2D eigenvalue weighted by molar-refractivity contribution is 0.0292. The van der Waals surface area contributed by atoms with Gasteiger partial charge in [-0.25, -0.2) is 9.59 Å². The molecular formula is C31H35N3O5. The molecule has 204 valence electrons. The normalized spacial score (nSPS) is 15.1. The first-order chi connectivity index (χ1) is 18.7. The van der Waals surface area contributed by atoms with Crippen LogP contribution in [0.5, 0.6) is 11.5 Å². The van der Waals surface area contributed by atoms with Crippen LogP contribution in [-0.2, 0) is 9.47 Å². The second-order valence-electron chi connectivity index (χ2n) is 10.6. The summed E-state index contributed by atoms with van der Waals surface area (Å²) in [6.07, 6.45) is 3.71. The maximum atomic E-state index is 13.3. The zero-order valence-corrected chi connectivity index (χ0v) is 23.0. The number of rotatable bonds is 8. The Hall–Kier alpha value is -4.25. The van der Waals surface area contributed by atoms with Gasteiger partial charge in [-0.2, -0.15) is 5.26 Å². The van der Waals surface area contributed by atoms with Gasteiger partial charge >= 0.3 is 12.1 Å². The third kappa shape index (κ3) is 6.80. The average Bonchev–Trinajstić information content (AvgIpc) is 3.54. The van der Waals surface area contributed by atoms with Crippen LogP contribution < -0.4 is 4.74 Å². The third-order valence-electron chi connectivity index (χ3n) is 6.45. The number of nitrogens with zero attached hydrogens (tertiary/aromatic N) is 3. The highest BCUT2D eigenvalue weighted by atomic mass is 16.6. The van der Waals surface area contributed by atoms with Gasteiger partial charge in [0.05, 0.1) is 12.2 Å². The van der Waals surface area contributed by atoms with Gasteiger partial charge in [-0.1, -0.05) is 31.5 Å². The molecule has 0 N–H and O–H groups in total. The molecule has 1 fully saturated rings. The van der Waals surface area contributed by atoms with Crippen molar-refractivity contribution in [2.75, 3.05) is 19.7 Å². The summed E-state index contributed by atoms with van der Waals surface area (Å²) in [6.45, 7) is 8.69. The standard InChI is InChI=1S/C31H35N3O5/c1-5-6-18-37-29(35)28-26(22-16-17-33(20-22)30(36)39-31(2,3)4)21-34(27(28)19-32)23-12-14-25(15-13-23)38-24-10-8-7-9-11-24/h7-15,21-22H,5-6,16-18,20H2,1-4H3. The lowest BCUT2D eigenvalue weighted by Crippen LogP contribution is -2.35. The molecule has 0 aliphatic carbocycles. The largest absolute Gasteiger partial charge is 0.462 e. The zero-order chi connectivity index (χ0) is 28.0. The van der Waals surface area contributed by atoms with Crippen molar-refractivity contribution in [2.45, 2.75) is 58.5 Å². The Morgan fingerprint density at radius 1 is 1.05 bits per heavy atom. The predicted octanol–water partition coefficient (Wildman–Crippen LogP) is 6.82. The van der Waals surface area contributed by atoms with Crippen molar-refractivity contribution in [2.24, 2.45) is 0 Å². The fraction of sp³-hybridized carbons (Fsp3) is 0.387. The van der Waals surface area contributed by atoms with E-state index in [1.165, 1.54) is 0 Å². The molecular weight excluding hydrogens is 494 g/mol. The van der Waals surface area contributed by atoms with E-state index in [-0.39, 0.29) is 29.9 Å². The van der Waals surface area contributed by atoms with E-state index < -0.39 is 11.6 Å². The monoisotopic (exact) mass is 529 g/mol. The smallest absolute Gasteiger partial charge is 0.410 e. The fourth-order valence-electron chi connectivity index (χ4n) is 4.55. The van der Waals surface area contributed by atoms with Gasteiger partial charge in [0, 0.05) is 30.9 Å². The number of carbonyl (C=O) groups is 2. The Morgan fingerprint density at radius 2 is 1.74 bits per heavy atom. The first-order valence-electron chi connectivity index (χ1n) is 13.3. The number of carbonyl (C=O) groups excluding carboxylic acids is 2. The molecule has 0 saturated carbocycles. The van der Waals surface area contributed by atoms with E-state index in [2.05, 4.69) is 6.07 Å². The number of benzene rings is 2. The van der Waals surface area contributed by atoms with Crippen LogP contribution in [0.4, 0.5) is 4.79 Å². The van der Waals surface area contributed by atoms with Crippen LogP contribution in [0.3, 0.4) is 0 Å². The molecule has 4 rings (SSSR count). The van der Waals surface area contributed by atoms with Gasteiger partial charge in [-0.15, -0.1) is 0 Å². The Balaban J connectivity index is 1.65. The summed E-state index contributed by atoms with van der Waals surface area (Å²) in [5.41, 5.74) is 1.27. The number of ether oxygens (including phenoxy) is 3. The number of unbranched alkanes of at least 4 members (excludes halogenated alkanes) is 1. The zero-order valence-electron chi connectivity index (χ0n) is 23.0. The lowest BCUT2D eigenvalue weighted by atomic mass is 9.96. The van der Waals surface area contributed by atoms with Gasteiger partial charge in [0.15, 0.2) is 0 Å². The number of hydrogen-bond donors (Lipinski definition) is 0. The molecule has 1 saturated heterocycles. The van der Waals surface area contributed by atoms with Crippen molar-refractivity contribution in [3.63, 3.8) is 0 Å². The summed E-state index contributed by atoms with van der Waals surface area (Å²) in [5.74, 6) is 0.715. The van der Waals surface area contributed by atoms with Crippen LogP contribution in [0, 0.1) is 11.3 Å². The molecule has 2 aromatic carbocycles. The third-order valence-corrected chi connectivity index (χ3v) is 6.45. The molecule has 1 aromatic heterocycles. The summed E-state index contributed by atoms with van der Waals surface area (Å²) in [7, 11) is 0. The summed E-state index contributed by atoms with van der Waals surface area (Å²) in [4.78, 5) is 27.6. The molecule has 1 amide bonds. The molecule has 8 nitrogen and oxygen atoms in total. The molecule has 1 aliphatic heterocycles. The Morgan fingerprint density at radius 3 is 2.38 bits per heavy atom. The number of hydrogen-bond acceptors (Lipinski definition) is 6. The highest BCUT2D eigenvalue weighted by Crippen LogP contribution is 2.35. The van der Waals surface area contributed by atoms with Crippen molar-refractivity contribution in [1.29, 1.82) is 5.26 Å². The van der Waals surface area contributed by atoms with Crippen molar-refractivity contribution < 1.29 is 23.8 Å². The highest BCUT2D eigenvalue weighted by Gasteiger charge is 2.35. The number of esters is 1. The minimum atomic E-state index is -0.600.